The van der Waals surface area contributed by atoms with Crippen molar-refractivity contribution in [3.8, 4) is 0 Å². The van der Waals surface area contributed by atoms with Crippen LogP contribution in [0.5, 0.6) is 0 Å². The Labute approximate surface area is 95.8 Å². The molecule has 0 saturated heterocycles. The summed E-state index contributed by atoms with van der Waals surface area (Å²) in [7, 11) is 0. The topological polar surface area (TPSA) is 63.8 Å². The third kappa shape index (κ3) is 2.27. The van der Waals surface area contributed by atoms with Crippen LogP contribution in [0.15, 0.2) is 10.6 Å². The van der Waals surface area contributed by atoms with E-state index in [4.69, 9.17) is 16.0 Å². The van der Waals surface area contributed by atoms with Crippen molar-refractivity contribution >= 4 is 29.1 Å². The number of nitrogens with one attached hydrogen (secondary N) is 1. The molecule has 1 atom stereocenters. The maximum atomic E-state index is 5.80. The summed E-state index contributed by atoms with van der Waals surface area (Å²) in [6.45, 7) is 3.77. The van der Waals surface area contributed by atoms with E-state index < -0.39 is 0 Å². The van der Waals surface area contributed by atoms with Gasteiger partial charge < -0.3 is 9.73 Å². The van der Waals surface area contributed by atoms with Crippen molar-refractivity contribution in [1.29, 1.82) is 0 Å². The quantitative estimate of drug-likeness (QED) is 0.899. The number of anilines is 1. The Morgan fingerprint density at radius 3 is 2.87 bits per heavy atom. The van der Waals surface area contributed by atoms with E-state index in [2.05, 4.69) is 19.0 Å². The summed E-state index contributed by atoms with van der Waals surface area (Å²) in [5, 5.41) is 3.44. The maximum Gasteiger partial charge on any atom is 0.216 e. The molecule has 15 heavy (non-hydrogen) atoms. The van der Waals surface area contributed by atoms with Gasteiger partial charge in [-0.05, 0) is 13.8 Å². The molecule has 0 aliphatic heterocycles. The summed E-state index contributed by atoms with van der Waals surface area (Å²) in [5.41, 5.74) is 0. The lowest BCUT2D eigenvalue weighted by Gasteiger charge is -2.08. The van der Waals surface area contributed by atoms with Gasteiger partial charge in [0.25, 0.3) is 0 Å². The van der Waals surface area contributed by atoms with Crippen LogP contribution in [0.3, 0.4) is 0 Å². The summed E-state index contributed by atoms with van der Waals surface area (Å²) in [6.07, 6.45) is 1.68. The molecule has 2 aromatic rings. The van der Waals surface area contributed by atoms with Crippen molar-refractivity contribution in [2.24, 2.45) is 0 Å². The molecule has 2 aromatic heterocycles. The van der Waals surface area contributed by atoms with Crippen molar-refractivity contribution in [3.05, 3.63) is 23.0 Å². The van der Waals surface area contributed by atoms with Gasteiger partial charge in [-0.1, -0.05) is 11.6 Å². The fourth-order valence-corrected chi connectivity index (χ4v) is 1.76. The minimum atomic E-state index is -0.0832. The SMILES string of the molecule is Cc1cnc(C(C)Nc2nsnc2Cl)o1. The Bertz CT molecular complexity index is 455. The van der Waals surface area contributed by atoms with Crippen molar-refractivity contribution in [1.82, 2.24) is 13.7 Å². The van der Waals surface area contributed by atoms with E-state index in [1.165, 1.54) is 0 Å². The van der Waals surface area contributed by atoms with E-state index >= 15 is 0 Å². The summed E-state index contributed by atoms with van der Waals surface area (Å²) in [4.78, 5) is 4.11. The molecule has 0 amide bonds. The Hall–Kier alpha value is -1.14. The largest absolute Gasteiger partial charge is 0.444 e. The molecule has 0 spiro atoms. The first kappa shape index (κ1) is 10.4. The van der Waals surface area contributed by atoms with Gasteiger partial charge in [-0.2, -0.15) is 8.75 Å². The van der Waals surface area contributed by atoms with Gasteiger partial charge in [-0.25, -0.2) is 4.98 Å². The van der Waals surface area contributed by atoms with E-state index in [-0.39, 0.29) is 6.04 Å². The zero-order valence-corrected chi connectivity index (χ0v) is 9.76. The van der Waals surface area contributed by atoms with E-state index in [9.17, 15) is 0 Å². The predicted molar refractivity (Wildman–Crippen MR) is 58.2 cm³/mol. The zero-order chi connectivity index (χ0) is 10.8. The van der Waals surface area contributed by atoms with E-state index in [0.717, 1.165) is 17.5 Å². The first-order valence-corrected chi connectivity index (χ1v) is 5.44. The van der Waals surface area contributed by atoms with Crippen molar-refractivity contribution < 1.29 is 4.42 Å². The van der Waals surface area contributed by atoms with E-state index in [1.807, 2.05) is 13.8 Å². The van der Waals surface area contributed by atoms with Crippen LogP contribution < -0.4 is 5.32 Å². The molecular weight excluding hydrogens is 236 g/mol. The predicted octanol–water partition coefficient (Wildman–Crippen LogP) is 2.66. The standard InChI is InChI=1S/C8H9ClN4OS/c1-4-3-10-8(14-4)5(2)11-7-6(9)12-15-13-7/h3,5H,1-2H3,(H,11,13). The third-order valence-electron chi connectivity index (χ3n) is 1.81. The normalized spacial score (nSPS) is 12.7. The number of hydrogen-bond donors (Lipinski definition) is 1. The minimum Gasteiger partial charge on any atom is -0.444 e. The summed E-state index contributed by atoms with van der Waals surface area (Å²) >= 11 is 6.86. The molecular formula is C8H9ClN4OS. The number of aromatic nitrogens is 3. The average molecular weight is 245 g/mol. The Morgan fingerprint density at radius 2 is 2.33 bits per heavy atom. The number of nitrogens with zero attached hydrogens (tertiary/aromatic N) is 3. The molecule has 80 valence electrons. The van der Waals surface area contributed by atoms with E-state index in [1.54, 1.807) is 6.20 Å². The third-order valence-corrected chi connectivity index (χ3v) is 2.70. The highest BCUT2D eigenvalue weighted by Crippen LogP contribution is 2.23. The highest BCUT2D eigenvalue weighted by Gasteiger charge is 2.14. The molecule has 0 saturated carbocycles. The van der Waals surface area contributed by atoms with Crippen LogP contribution in [0.25, 0.3) is 0 Å². The van der Waals surface area contributed by atoms with Crippen LogP contribution in [-0.2, 0) is 0 Å². The molecule has 1 unspecified atom stereocenters. The molecule has 5 nitrogen and oxygen atoms in total. The molecule has 2 rings (SSSR count). The number of rotatable bonds is 3. The highest BCUT2D eigenvalue weighted by atomic mass is 35.5. The van der Waals surface area contributed by atoms with Crippen LogP contribution in [0.4, 0.5) is 5.82 Å². The second kappa shape index (κ2) is 4.16. The Balaban J connectivity index is 2.10. The average Bonchev–Trinajstić information content (AvgIpc) is 2.77. The molecule has 0 radical (unpaired) electrons. The van der Waals surface area contributed by atoms with E-state index in [0.29, 0.717) is 16.9 Å². The van der Waals surface area contributed by atoms with Gasteiger partial charge in [-0.15, -0.1) is 0 Å². The Morgan fingerprint density at radius 1 is 1.53 bits per heavy atom. The first-order valence-electron chi connectivity index (χ1n) is 4.33. The van der Waals surface area contributed by atoms with Crippen LogP contribution in [0.1, 0.15) is 24.6 Å². The van der Waals surface area contributed by atoms with Crippen molar-refractivity contribution in [2.75, 3.05) is 5.32 Å². The monoisotopic (exact) mass is 244 g/mol. The van der Waals surface area contributed by atoms with Gasteiger partial charge in [0.2, 0.25) is 5.89 Å². The smallest absolute Gasteiger partial charge is 0.216 e. The fraction of sp³-hybridized carbons (Fsp3) is 0.375. The number of oxazole rings is 1. The Kier molecular flexibility index (Phi) is 2.88. The first-order chi connectivity index (χ1) is 7.16. The number of hydrogen-bond acceptors (Lipinski definition) is 6. The number of halogens is 1. The van der Waals surface area contributed by atoms with Crippen LogP contribution in [0.2, 0.25) is 5.15 Å². The van der Waals surface area contributed by atoms with Gasteiger partial charge >= 0.3 is 0 Å². The maximum absolute atomic E-state index is 5.80. The van der Waals surface area contributed by atoms with Gasteiger partial charge in [-0.3, -0.25) is 0 Å². The van der Waals surface area contributed by atoms with Crippen LogP contribution in [-0.4, -0.2) is 13.7 Å². The minimum absolute atomic E-state index is 0.0832. The van der Waals surface area contributed by atoms with Crippen LogP contribution >= 0.6 is 23.3 Å². The lowest BCUT2D eigenvalue weighted by Crippen LogP contribution is -2.07. The second-order valence-corrected chi connectivity index (χ2v) is 3.97. The summed E-state index contributed by atoms with van der Waals surface area (Å²) in [6, 6.07) is -0.0832. The van der Waals surface area contributed by atoms with Gasteiger partial charge in [0.1, 0.15) is 11.8 Å². The molecule has 0 bridgehead atoms. The molecule has 0 aromatic carbocycles. The lowest BCUT2D eigenvalue weighted by molar-refractivity contribution is 0.453. The van der Waals surface area contributed by atoms with Crippen LogP contribution in [0, 0.1) is 6.92 Å². The molecule has 0 fully saturated rings. The highest BCUT2D eigenvalue weighted by molar-refractivity contribution is 6.99. The molecule has 1 N–H and O–H groups in total. The lowest BCUT2D eigenvalue weighted by atomic mass is 10.3. The summed E-state index contributed by atoms with van der Waals surface area (Å²) < 4.78 is 13.2. The molecule has 0 aliphatic rings. The zero-order valence-electron chi connectivity index (χ0n) is 8.19. The van der Waals surface area contributed by atoms with Gasteiger partial charge in [0, 0.05) is 0 Å². The van der Waals surface area contributed by atoms with Gasteiger partial charge in [0.15, 0.2) is 11.0 Å². The van der Waals surface area contributed by atoms with Crippen molar-refractivity contribution in [2.45, 2.75) is 19.9 Å². The van der Waals surface area contributed by atoms with Gasteiger partial charge in [0.05, 0.1) is 17.9 Å². The summed E-state index contributed by atoms with van der Waals surface area (Å²) in [5.74, 6) is 1.95. The second-order valence-electron chi connectivity index (χ2n) is 3.08. The molecule has 0 aliphatic carbocycles. The number of aryl methyl sites for hydroxylation is 1. The molecule has 2 heterocycles. The van der Waals surface area contributed by atoms with Crippen molar-refractivity contribution in [3.63, 3.8) is 0 Å². The molecule has 7 heteroatoms. The fourth-order valence-electron chi connectivity index (χ4n) is 1.10.